The number of benzene rings is 1. The maximum absolute atomic E-state index is 11.6. The molecular weight excluding hydrogens is 324 g/mol. The number of aromatic nitrogens is 2. The average molecular weight is 335 g/mol. The zero-order chi connectivity index (χ0) is 14.4. The van der Waals surface area contributed by atoms with Crippen molar-refractivity contribution in [1.29, 1.82) is 0 Å². The molecule has 2 rings (SSSR count). The second-order valence-corrected chi connectivity index (χ2v) is 4.54. The van der Waals surface area contributed by atoms with E-state index in [1.165, 1.54) is 24.8 Å². The van der Waals surface area contributed by atoms with Gasteiger partial charge in [0.2, 0.25) is 0 Å². The number of hydrogen-bond donors (Lipinski definition) is 1. The summed E-state index contributed by atoms with van der Waals surface area (Å²) >= 11 is 3.37. The lowest BCUT2D eigenvalue weighted by atomic mass is 10.2. The summed E-state index contributed by atoms with van der Waals surface area (Å²) in [5.41, 5.74) is 3.40. The Bertz CT molecular complexity index is 632. The fourth-order valence-corrected chi connectivity index (χ4v) is 1.96. The van der Waals surface area contributed by atoms with Gasteiger partial charge in [0.15, 0.2) is 0 Å². The van der Waals surface area contributed by atoms with E-state index in [1.54, 1.807) is 13.2 Å². The molecule has 7 heteroatoms. The van der Waals surface area contributed by atoms with Crippen molar-refractivity contribution >= 4 is 28.1 Å². The Morgan fingerprint density at radius 1 is 1.45 bits per heavy atom. The van der Waals surface area contributed by atoms with Crippen molar-refractivity contribution in [3.63, 3.8) is 0 Å². The molecule has 20 heavy (non-hydrogen) atoms. The van der Waals surface area contributed by atoms with E-state index in [0.717, 1.165) is 15.8 Å². The van der Waals surface area contributed by atoms with Gasteiger partial charge in [-0.2, -0.15) is 5.10 Å². The summed E-state index contributed by atoms with van der Waals surface area (Å²) in [7, 11) is 1.59. The number of methoxy groups -OCH3 is 1. The lowest BCUT2D eigenvalue weighted by molar-refractivity contribution is 0.0949. The van der Waals surface area contributed by atoms with Gasteiger partial charge < -0.3 is 4.74 Å². The molecule has 0 atom stereocenters. The molecule has 1 aromatic carbocycles. The van der Waals surface area contributed by atoms with Crippen LogP contribution in [0.25, 0.3) is 0 Å². The molecule has 1 amide bonds. The van der Waals surface area contributed by atoms with Crippen LogP contribution >= 0.6 is 15.9 Å². The third-order valence-electron chi connectivity index (χ3n) is 2.35. The SMILES string of the molecule is COc1ccc(C=NNC(=O)c2cnccn2)cc1Br. The molecule has 6 nitrogen and oxygen atoms in total. The zero-order valence-corrected chi connectivity index (χ0v) is 12.2. The normalized spacial score (nSPS) is 10.5. The molecule has 0 radical (unpaired) electrons. The van der Waals surface area contributed by atoms with Gasteiger partial charge in [0.05, 0.1) is 24.0 Å². The summed E-state index contributed by atoms with van der Waals surface area (Å²) in [6, 6.07) is 5.45. The van der Waals surface area contributed by atoms with Crippen LogP contribution in [0.5, 0.6) is 5.75 Å². The quantitative estimate of drug-likeness (QED) is 0.685. The zero-order valence-electron chi connectivity index (χ0n) is 10.6. The molecular formula is C13H11BrN4O2. The van der Waals surface area contributed by atoms with Gasteiger partial charge >= 0.3 is 0 Å². The first-order valence-corrected chi connectivity index (χ1v) is 6.43. The van der Waals surface area contributed by atoms with Crippen molar-refractivity contribution in [3.8, 4) is 5.75 Å². The van der Waals surface area contributed by atoms with E-state index in [4.69, 9.17) is 4.74 Å². The van der Waals surface area contributed by atoms with Crippen LogP contribution in [0.3, 0.4) is 0 Å². The topological polar surface area (TPSA) is 76.5 Å². The van der Waals surface area contributed by atoms with Gasteiger partial charge in [-0.1, -0.05) is 0 Å². The van der Waals surface area contributed by atoms with Crippen LogP contribution in [-0.2, 0) is 0 Å². The van der Waals surface area contributed by atoms with Crippen LogP contribution in [0.1, 0.15) is 16.1 Å². The van der Waals surface area contributed by atoms with E-state index in [0.29, 0.717) is 0 Å². The summed E-state index contributed by atoms with van der Waals surface area (Å²) in [5, 5.41) is 3.86. The number of carbonyl (C=O) groups is 1. The van der Waals surface area contributed by atoms with Gasteiger partial charge in [-0.3, -0.25) is 9.78 Å². The summed E-state index contributed by atoms with van der Waals surface area (Å²) in [4.78, 5) is 19.3. The second kappa shape index (κ2) is 6.76. The minimum absolute atomic E-state index is 0.209. The lowest BCUT2D eigenvalue weighted by Crippen LogP contribution is -2.19. The highest BCUT2D eigenvalue weighted by Crippen LogP contribution is 2.24. The number of hydrazone groups is 1. The fourth-order valence-electron chi connectivity index (χ4n) is 1.40. The molecule has 0 fully saturated rings. The van der Waals surface area contributed by atoms with E-state index in [2.05, 4.69) is 36.4 Å². The van der Waals surface area contributed by atoms with Crippen LogP contribution in [0.2, 0.25) is 0 Å². The molecule has 1 N–H and O–H groups in total. The Morgan fingerprint density at radius 2 is 2.30 bits per heavy atom. The number of nitrogens with one attached hydrogen (secondary N) is 1. The number of nitrogens with zero attached hydrogens (tertiary/aromatic N) is 3. The minimum atomic E-state index is -0.415. The van der Waals surface area contributed by atoms with Crippen molar-refractivity contribution < 1.29 is 9.53 Å². The second-order valence-electron chi connectivity index (χ2n) is 3.68. The Morgan fingerprint density at radius 3 is 2.95 bits per heavy atom. The summed E-state index contributed by atoms with van der Waals surface area (Å²) in [6.07, 6.45) is 5.83. The Kier molecular flexibility index (Phi) is 4.78. The standard InChI is InChI=1S/C13H11BrN4O2/c1-20-12-3-2-9(6-10(12)14)7-17-18-13(19)11-8-15-4-5-16-11/h2-8H,1H3,(H,18,19). The predicted molar refractivity (Wildman–Crippen MR) is 77.8 cm³/mol. The molecule has 0 spiro atoms. The van der Waals surface area contributed by atoms with E-state index in [-0.39, 0.29) is 5.69 Å². The maximum atomic E-state index is 11.6. The van der Waals surface area contributed by atoms with Gasteiger partial charge in [-0.25, -0.2) is 10.4 Å². The average Bonchev–Trinajstić information content (AvgIpc) is 2.48. The number of amides is 1. The molecule has 2 aromatic rings. The first-order chi connectivity index (χ1) is 9.70. The largest absolute Gasteiger partial charge is 0.496 e. The highest BCUT2D eigenvalue weighted by Gasteiger charge is 2.04. The van der Waals surface area contributed by atoms with E-state index in [1.807, 2.05) is 12.1 Å². The van der Waals surface area contributed by atoms with Gasteiger partial charge in [-0.05, 0) is 39.7 Å². The Labute approximate surface area is 124 Å². The minimum Gasteiger partial charge on any atom is -0.496 e. The van der Waals surface area contributed by atoms with Crippen molar-refractivity contribution in [2.24, 2.45) is 5.10 Å². The molecule has 102 valence electrons. The van der Waals surface area contributed by atoms with Crippen molar-refractivity contribution in [2.75, 3.05) is 7.11 Å². The van der Waals surface area contributed by atoms with Crippen molar-refractivity contribution in [1.82, 2.24) is 15.4 Å². The third-order valence-corrected chi connectivity index (χ3v) is 2.97. The number of carbonyl (C=O) groups excluding carboxylic acids is 1. The summed E-state index contributed by atoms with van der Waals surface area (Å²) in [6.45, 7) is 0. The van der Waals surface area contributed by atoms with Crippen LogP contribution in [0.4, 0.5) is 0 Å². The van der Waals surface area contributed by atoms with E-state index >= 15 is 0 Å². The highest BCUT2D eigenvalue weighted by atomic mass is 79.9. The van der Waals surface area contributed by atoms with E-state index in [9.17, 15) is 4.79 Å². The molecule has 1 heterocycles. The van der Waals surface area contributed by atoms with Crippen LogP contribution in [0.15, 0.2) is 46.4 Å². The fraction of sp³-hybridized carbons (Fsp3) is 0.0769. The number of rotatable bonds is 4. The molecule has 0 aliphatic heterocycles. The molecule has 0 saturated heterocycles. The lowest BCUT2D eigenvalue weighted by Gasteiger charge is -2.03. The number of hydrogen-bond acceptors (Lipinski definition) is 5. The Balaban J connectivity index is 2.00. The Hall–Kier alpha value is -2.28. The molecule has 0 aliphatic rings. The first kappa shape index (κ1) is 14.1. The summed E-state index contributed by atoms with van der Waals surface area (Å²) < 4.78 is 5.93. The van der Waals surface area contributed by atoms with Crippen molar-refractivity contribution in [3.05, 3.63) is 52.5 Å². The molecule has 0 aliphatic carbocycles. The van der Waals surface area contributed by atoms with Gasteiger partial charge in [0, 0.05) is 12.4 Å². The van der Waals surface area contributed by atoms with Crippen LogP contribution < -0.4 is 10.2 Å². The van der Waals surface area contributed by atoms with Gasteiger partial charge in [0.25, 0.3) is 5.91 Å². The van der Waals surface area contributed by atoms with Gasteiger partial charge in [0.1, 0.15) is 11.4 Å². The van der Waals surface area contributed by atoms with Crippen molar-refractivity contribution in [2.45, 2.75) is 0 Å². The number of halogens is 1. The first-order valence-electron chi connectivity index (χ1n) is 5.63. The molecule has 0 unspecified atom stereocenters. The smallest absolute Gasteiger partial charge is 0.291 e. The highest BCUT2D eigenvalue weighted by molar-refractivity contribution is 9.10. The van der Waals surface area contributed by atoms with Crippen LogP contribution in [-0.4, -0.2) is 29.2 Å². The number of ether oxygens (including phenoxy) is 1. The monoisotopic (exact) mass is 334 g/mol. The van der Waals surface area contributed by atoms with E-state index < -0.39 is 5.91 Å². The molecule has 0 saturated carbocycles. The third kappa shape index (κ3) is 3.61. The van der Waals surface area contributed by atoms with Gasteiger partial charge in [-0.15, -0.1) is 0 Å². The molecule has 1 aromatic heterocycles. The summed E-state index contributed by atoms with van der Waals surface area (Å²) in [5.74, 6) is 0.313. The maximum Gasteiger partial charge on any atom is 0.291 e. The van der Waals surface area contributed by atoms with Crippen LogP contribution in [0, 0.1) is 0 Å². The predicted octanol–water partition coefficient (Wildman–Crippen LogP) is 2.01. The molecule has 0 bridgehead atoms.